The van der Waals surface area contributed by atoms with Gasteiger partial charge in [0, 0.05) is 17.5 Å². The van der Waals surface area contributed by atoms with E-state index in [2.05, 4.69) is 10.1 Å². The summed E-state index contributed by atoms with van der Waals surface area (Å²) in [6.07, 6.45) is -3.09. The van der Waals surface area contributed by atoms with Gasteiger partial charge in [-0.1, -0.05) is 18.2 Å². The number of hydrogen-bond acceptors (Lipinski definition) is 2. The molecule has 0 radical (unpaired) electrons. The Labute approximate surface area is 151 Å². The molecule has 27 heavy (non-hydrogen) atoms. The lowest BCUT2D eigenvalue weighted by Crippen LogP contribution is -2.08. The lowest BCUT2D eigenvalue weighted by atomic mass is 9.99. The molecule has 3 aromatic heterocycles. The van der Waals surface area contributed by atoms with Gasteiger partial charge >= 0.3 is 6.18 Å². The van der Waals surface area contributed by atoms with Crippen molar-refractivity contribution in [3.05, 3.63) is 77.9 Å². The minimum atomic E-state index is -4.79. The third-order valence-corrected chi connectivity index (χ3v) is 4.23. The first-order valence-electron chi connectivity index (χ1n) is 8.13. The summed E-state index contributed by atoms with van der Waals surface area (Å²) in [6, 6.07) is 13.6. The van der Waals surface area contributed by atoms with Gasteiger partial charge in [0.1, 0.15) is 11.5 Å². The summed E-state index contributed by atoms with van der Waals surface area (Å²) in [4.78, 5) is 4.44. The van der Waals surface area contributed by atoms with Crippen LogP contribution in [0.25, 0.3) is 28.0 Å². The van der Waals surface area contributed by atoms with E-state index in [1.54, 1.807) is 41.0 Å². The quantitative estimate of drug-likeness (QED) is 0.434. The van der Waals surface area contributed by atoms with Crippen LogP contribution in [0.2, 0.25) is 0 Å². The molecule has 0 aliphatic rings. The summed E-state index contributed by atoms with van der Waals surface area (Å²) in [6.45, 7) is 1.82. The van der Waals surface area contributed by atoms with Crippen molar-refractivity contribution in [2.24, 2.45) is 0 Å². The maximum atomic E-state index is 13.7. The Morgan fingerprint density at radius 2 is 1.78 bits per heavy atom. The van der Waals surface area contributed by atoms with E-state index in [1.165, 1.54) is 6.07 Å². The smallest absolute Gasteiger partial charge is 0.251 e. The van der Waals surface area contributed by atoms with Crippen molar-refractivity contribution in [3.8, 4) is 22.5 Å². The minimum Gasteiger partial charge on any atom is -0.251 e. The normalized spacial score (nSPS) is 11.9. The van der Waals surface area contributed by atoms with E-state index in [9.17, 15) is 17.6 Å². The fourth-order valence-electron chi connectivity index (χ4n) is 3.04. The number of pyridine rings is 2. The van der Waals surface area contributed by atoms with Gasteiger partial charge < -0.3 is 0 Å². The van der Waals surface area contributed by atoms with Gasteiger partial charge in [-0.15, -0.1) is 0 Å². The lowest BCUT2D eigenvalue weighted by molar-refractivity contribution is -0.139. The van der Waals surface area contributed by atoms with Crippen LogP contribution in [-0.2, 0) is 6.18 Å². The zero-order valence-electron chi connectivity index (χ0n) is 14.1. The Morgan fingerprint density at radius 3 is 2.52 bits per heavy atom. The van der Waals surface area contributed by atoms with Gasteiger partial charge in [-0.05, 0) is 48.9 Å². The number of aryl methyl sites for hydroxylation is 1. The molecule has 7 heteroatoms. The fraction of sp³-hybridized carbons (Fsp3) is 0.100. The molecule has 0 saturated carbocycles. The van der Waals surface area contributed by atoms with Crippen molar-refractivity contribution in [2.75, 3.05) is 0 Å². The van der Waals surface area contributed by atoms with Crippen molar-refractivity contribution in [2.45, 2.75) is 13.1 Å². The Bertz CT molecular complexity index is 1150. The summed E-state index contributed by atoms with van der Waals surface area (Å²) < 4.78 is 54.9. The highest BCUT2D eigenvalue weighted by Gasteiger charge is 2.34. The molecule has 3 heterocycles. The van der Waals surface area contributed by atoms with E-state index in [0.29, 0.717) is 22.5 Å². The van der Waals surface area contributed by atoms with Gasteiger partial charge in [-0.2, -0.15) is 18.3 Å². The first-order chi connectivity index (χ1) is 12.8. The molecule has 0 aliphatic carbocycles. The molecule has 0 bridgehead atoms. The molecule has 0 atom stereocenters. The third-order valence-electron chi connectivity index (χ3n) is 4.23. The Kier molecular flexibility index (Phi) is 3.95. The molecule has 0 amide bonds. The summed E-state index contributed by atoms with van der Waals surface area (Å²) in [7, 11) is 0. The summed E-state index contributed by atoms with van der Waals surface area (Å²) >= 11 is 0. The Balaban J connectivity index is 2.03. The van der Waals surface area contributed by atoms with E-state index in [0.717, 1.165) is 17.8 Å². The average molecular weight is 371 g/mol. The molecule has 136 valence electrons. The van der Waals surface area contributed by atoms with Crippen molar-refractivity contribution in [3.63, 3.8) is 0 Å². The third kappa shape index (κ3) is 3.05. The molecule has 4 rings (SSSR count). The first kappa shape index (κ1) is 17.2. The van der Waals surface area contributed by atoms with Crippen LogP contribution in [0.4, 0.5) is 17.6 Å². The monoisotopic (exact) mass is 371 g/mol. The summed E-state index contributed by atoms with van der Waals surface area (Å²) in [5, 5.41) is 4.49. The second-order valence-corrected chi connectivity index (χ2v) is 6.11. The van der Waals surface area contributed by atoms with E-state index in [4.69, 9.17) is 0 Å². The second kappa shape index (κ2) is 6.19. The lowest BCUT2D eigenvalue weighted by Gasteiger charge is -2.11. The zero-order chi connectivity index (χ0) is 19.2. The topological polar surface area (TPSA) is 30.2 Å². The van der Waals surface area contributed by atoms with Crippen molar-refractivity contribution in [1.29, 1.82) is 0 Å². The van der Waals surface area contributed by atoms with Gasteiger partial charge in [-0.3, -0.25) is 4.98 Å². The standard InChI is InChI=1S/C20H13F4N3/c1-12-5-4-6-16(25-12)19-18(17-7-2-3-10-27(17)26-19)13-8-9-15(21)14(11-13)20(22,23)24/h2-11H,1H3. The van der Waals surface area contributed by atoms with E-state index in [1.807, 2.05) is 13.0 Å². The summed E-state index contributed by atoms with van der Waals surface area (Å²) in [5.41, 5.74) is 1.72. The van der Waals surface area contributed by atoms with Crippen LogP contribution in [0.1, 0.15) is 11.3 Å². The van der Waals surface area contributed by atoms with E-state index in [-0.39, 0.29) is 5.56 Å². The van der Waals surface area contributed by atoms with Crippen LogP contribution in [-0.4, -0.2) is 14.6 Å². The van der Waals surface area contributed by atoms with Crippen LogP contribution in [0, 0.1) is 12.7 Å². The molecular formula is C20H13F4N3. The van der Waals surface area contributed by atoms with Crippen molar-refractivity contribution < 1.29 is 17.6 Å². The SMILES string of the molecule is Cc1cccc(-c2nn3ccccc3c2-c2ccc(F)c(C(F)(F)F)c2)n1. The number of alkyl halides is 3. The molecule has 0 saturated heterocycles. The molecule has 0 unspecified atom stereocenters. The fourth-order valence-corrected chi connectivity index (χ4v) is 3.04. The van der Waals surface area contributed by atoms with Gasteiger partial charge in [0.2, 0.25) is 0 Å². The predicted molar refractivity (Wildman–Crippen MR) is 93.6 cm³/mol. The van der Waals surface area contributed by atoms with Gasteiger partial charge in [0.05, 0.1) is 16.8 Å². The highest BCUT2D eigenvalue weighted by molar-refractivity contribution is 5.91. The number of halogens is 4. The number of rotatable bonds is 2. The molecule has 4 aromatic rings. The zero-order valence-corrected chi connectivity index (χ0v) is 14.1. The number of fused-ring (bicyclic) bond motifs is 1. The van der Waals surface area contributed by atoms with E-state index >= 15 is 0 Å². The number of nitrogens with zero attached hydrogens (tertiary/aromatic N) is 3. The molecular weight excluding hydrogens is 358 g/mol. The van der Waals surface area contributed by atoms with E-state index < -0.39 is 17.6 Å². The predicted octanol–water partition coefficient (Wildman–Crippen LogP) is 5.53. The Hall–Kier alpha value is -3.22. The molecule has 0 aliphatic heterocycles. The van der Waals surface area contributed by atoms with Crippen LogP contribution < -0.4 is 0 Å². The molecule has 0 fully saturated rings. The maximum Gasteiger partial charge on any atom is 0.419 e. The molecule has 0 spiro atoms. The van der Waals surface area contributed by atoms with Crippen LogP contribution in [0.5, 0.6) is 0 Å². The minimum absolute atomic E-state index is 0.225. The number of benzene rings is 1. The average Bonchev–Trinajstić information content (AvgIpc) is 3.01. The van der Waals surface area contributed by atoms with Gasteiger partial charge in [0.15, 0.2) is 0 Å². The first-order valence-corrected chi connectivity index (χ1v) is 8.13. The highest BCUT2D eigenvalue weighted by atomic mass is 19.4. The van der Waals surface area contributed by atoms with Crippen LogP contribution in [0.3, 0.4) is 0 Å². The largest absolute Gasteiger partial charge is 0.419 e. The maximum absolute atomic E-state index is 13.7. The summed E-state index contributed by atoms with van der Waals surface area (Å²) in [5.74, 6) is -1.31. The van der Waals surface area contributed by atoms with Crippen LogP contribution in [0.15, 0.2) is 60.8 Å². The van der Waals surface area contributed by atoms with Crippen molar-refractivity contribution in [1.82, 2.24) is 14.6 Å². The van der Waals surface area contributed by atoms with Crippen molar-refractivity contribution >= 4 is 5.52 Å². The molecule has 0 N–H and O–H groups in total. The van der Waals surface area contributed by atoms with Gasteiger partial charge in [0.25, 0.3) is 0 Å². The highest BCUT2D eigenvalue weighted by Crippen LogP contribution is 2.38. The second-order valence-electron chi connectivity index (χ2n) is 6.11. The molecule has 1 aromatic carbocycles. The van der Waals surface area contributed by atoms with Gasteiger partial charge in [-0.25, -0.2) is 8.91 Å². The number of hydrogen-bond donors (Lipinski definition) is 0. The Morgan fingerprint density at radius 1 is 0.963 bits per heavy atom. The molecule has 3 nitrogen and oxygen atoms in total. The van der Waals surface area contributed by atoms with Crippen LogP contribution >= 0.6 is 0 Å². The number of aromatic nitrogens is 3.